The molecular weight excluding hydrogens is 393 g/mol. The molecule has 3 rings (SSSR count). The molecule has 0 aliphatic heterocycles. The number of esters is 1. The lowest BCUT2D eigenvalue weighted by molar-refractivity contribution is -0.142. The van der Waals surface area contributed by atoms with Crippen molar-refractivity contribution in [2.75, 3.05) is 11.9 Å². The van der Waals surface area contributed by atoms with Crippen LogP contribution in [-0.2, 0) is 20.5 Å². The topological polar surface area (TPSA) is 68.3 Å². The maximum atomic E-state index is 12.7. The first-order valence-electron chi connectivity index (χ1n) is 7.99. The van der Waals surface area contributed by atoms with E-state index in [2.05, 4.69) is 10.3 Å². The van der Waals surface area contributed by atoms with Crippen LogP contribution in [0.3, 0.4) is 0 Å². The zero-order valence-corrected chi connectivity index (χ0v) is 15.0. The van der Waals surface area contributed by atoms with Gasteiger partial charge in [0.1, 0.15) is 5.01 Å². The summed E-state index contributed by atoms with van der Waals surface area (Å²) in [7, 11) is 0. The van der Waals surface area contributed by atoms with Gasteiger partial charge in [0.2, 0.25) is 0 Å². The van der Waals surface area contributed by atoms with E-state index in [4.69, 9.17) is 4.74 Å². The molecule has 0 fully saturated rings. The third-order valence-electron chi connectivity index (χ3n) is 3.49. The van der Waals surface area contributed by atoms with Crippen molar-refractivity contribution < 1.29 is 27.5 Å². The van der Waals surface area contributed by atoms with E-state index in [1.54, 1.807) is 0 Å². The molecule has 1 N–H and O–H groups in total. The maximum absolute atomic E-state index is 12.7. The molecule has 5 nitrogen and oxygen atoms in total. The summed E-state index contributed by atoms with van der Waals surface area (Å²) >= 11 is 1.39. The average Bonchev–Trinajstić information content (AvgIpc) is 3.07. The minimum Gasteiger partial charge on any atom is -0.452 e. The summed E-state index contributed by atoms with van der Waals surface area (Å²) < 4.78 is 43.7. The van der Waals surface area contributed by atoms with Crippen LogP contribution in [0.1, 0.15) is 10.6 Å². The standard InChI is InChI=1S/C19H13F3N2O3S/c20-19(21,22)12-4-3-5-13(10-12)23-16(25)11-27-18(26)9-8-17-24-14-6-1-2-7-15(14)28-17/h1-10H,11H2,(H,23,25)/b9-8+. The first-order valence-corrected chi connectivity index (χ1v) is 8.80. The molecule has 144 valence electrons. The van der Waals surface area contributed by atoms with E-state index in [1.807, 2.05) is 24.3 Å². The van der Waals surface area contributed by atoms with Crippen molar-refractivity contribution in [3.63, 3.8) is 0 Å². The number of nitrogens with one attached hydrogen (secondary N) is 1. The first kappa shape index (κ1) is 19.6. The molecule has 0 spiro atoms. The van der Waals surface area contributed by atoms with Crippen molar-refractivity contribution in [1.29, 1.82) is 0 Å². The lowest BCUT2D eigenvalue weighted by Crippen LogP contribution is -2.20. The van der Waals surface area contributed by atoms with E-state index in [-0.39, 0.29) is 5.69 Å². The van der Waals surface area contributed by atoms with Gasteiger partial charge in [-0.1, -0.05) is 18.2 Å². The zero-order valence-electron chi connectivity index (χ0n) is 14.2. The van der Waals surface area contributed by atoms with Crippen LogP contribution < -0.4 is 5.32 Å². The Morgan fingerprint density at radius 3 is 2.68 bits per heavy atom. The fourth-order valence-corrected chi connectivity index (χ4v) is 3.13. The van der Waals surface area contributed by atoms with E-state index in [9.17, 15) is 22.8 Å². The van der Waals surface area contributed by atoms with Crippen molar-refractivity contribution in [3.8, 4) is 0 Å². The summed E-state index contributed by atoms with van der Waals surface area (Å²) in [6, 6.07) is 11.7. The molecule has 0 radical (unpaired) electrons. The highest BCUT2D eigenvalue weighted by Crippen LogP contribution is 2.30. The Morgan fingerprint density at radius 2 is 1.93 bits per heavy atom. The molecule has 9 heteroatoms. The SMILES string of the molecule is O=C(COC(=O)/C=C/c1nc2ccccc2s1)Nc1cccc(C(F)(F)F)c1. The van der Waals surface area contributed by atoms with Crippen molar-refractivity contribution in [3.05, 3.63) is 65.2 Å². The number of fused-ring (bicyclic) bond motifs is 1. The van der Waals surface area contributed by atoms with Crippen LogP contribution in [-0.4, -0.2) is 23.5 Å². The molecule has 3 aromatic rings. The van der Waals surface area contributed by atoms with Gasteiger partial charge in [0.05, 0.1) is 15.8 Å². The van der Waals surface area contributed by atoms with Crippen LogP contribution in [0.2, 0.25) is 0 Å². The second kappa shape index (κ2) is 8.22. The Balaban J connectivity index is 1.52. The monoisotopic (exact) mass is 406 g/mol. The Kier molecular flexibility index (Phi) is 5.74. The smallest absolute Gasteiger partial charge is 0.416 e. The van der Waals surface area contributed by atoms with Gasteiger partial charge in [-0.2, -0.15) is 13.2 Å². The summed E-state index contributed by atoms with van der Waals surface area (Å²) in [5.74, 6) is -1.51. The van der Waals surface area contributed by atoms with E-state index < -0.39 is 30.2 Å². The van der Waals surface area contributed by atoms with Crippen LogP contribution in [0.15, 0.2) is 54.6 Å². The molecule has 0 saturated heterocycles. The van der Waals surface area contributed by atoms with Gasteiger partial charge >= 0.3 is 12.1 Å². The molecule has 0 atom stereocenters. The number of carbonyl (C=O) groups is 2. The van der Waals surface area contributed by atoms with Gasteiger partial charge in [0.25, 0.3) is 5.91 Å². The zero-order chi connectivity index (χ0) is 20.1. The average molecular weight is 406 g/mol. The summed E-state index contributed by atoms with van der Waals surface area (Å²) in [5, 5.41) is 2.85. The van der Waals surface area contributed by atoms with Gasteiger partial charge in [-0.25, -0.2) is 9.78 Å². The number of amides is 1. The maximum Gasteiger partial charge on any atom is 0.416 e. The molecule has 0 aliphatic carbocycles. The predicted molar refractivity (Wildman–Crippen MR) is 99.7 cm³/mol. The largest absolute Gasteiger partial charge is 0.452 e. The quantitative estimate of drug-likeness (QED) is 0.500. The number of hydrogen-bond donors (Lipinski definition) is 1. The van der Waals surface area contributed by atoms with Gasteiger partial charge in [-0.3, -0.25) is 4.79 Å². The number of ether oxygens (including phenoxy) is 1. The summed E-state index contributed by atoms with van der Waals surface area (Å²) in [6.07, 6.45) is -1.91. The van der Waals surface area contributed by atoms with E-state index >= 15 is 0 Å². The summed E-state index contributed by atoms with van der Waals surface area (Å²) in [4.78, 5) is 27.8. The Morgan fingerprint density at radius 1 is 1.14 bits per heavy atom. The van der Waals surface area contributed by atoms with Crippen molar-refractivity contribution >= 4 is 45.2 Å². The first-order chi connectivity index (χ1) is 13.3. The third kappa shape index (κ3) is 5.17. The molecule has 1 heterocycles. The molecule has 1 amide bonds. The van der Waals surface area contributed by atoms with E-state index in [1.165, 1.54) is 29.5 Å². The molecule has 28 heavy (non-hydrogen) atoms. The highest BCUT2D eigenvalue weighted by atomic mass is 32.1. The fourth-order valence-electron chi connectivity index (χ4n) is 2.26. The molecule has 0 unspecified atom stereocenters. The molecule has 0 saturated carbocycles. The molecule has 0 bridgehead atoms. The van der Waals surface area contributed by atoms with Gasteiger partial charge in [-0.05, 0) is 36.4 Å². The number of halogens is 3. The second-order valence-corrected chi connectivity index (χ2v) is 6.65. The van der Waals surface area contributed by atoms with Crippen LogP contribution in [0.4, 0.5) is 18.9 Å². The number of hydrogen-bond acceptors (Lipinski definition) is 5. The van der Waals surface area contributed by atoms with Gasteiger partial charge in [-0.15, -0.1) is 11.3 Å². The number of alkyl halides is 3. The van der Waals surface area contributed by atoms with E-state index in [0.717, 1.165) is 28.4 Å². The summed E-state index contributed by atoms with van der Waals surface area (Å²) in [6.45, 7) is -0.626. The van der Waals surface area contributed by atoms with Crippen LogP contribution in [0, 0.1) is 0 Å². The van der Waals surface area contributed by atoms with Gasteiger partial charge in [0.15, 0.2) is 6.61 Å². The highest BCUT2D eigenvalue weighted by Gasteiger charge is 2.30. The summed E-state index contributed by atoms with van der Waals surface area (Å²) in [5.41, 5.74) is -0.122. The normalized spacial score (nSPS) is 11.7. The minimum atomic E-state index is -4.52. The van der Waals surface area contributed by atoms with Crippen molar-refractivity contribution in [2.45, 2.75) is 6.18 Å². The van der Waals surface area contributed by atoms with Gasteiger partial charge in [0, 0.05) is 11.8 Å². The number of carbonyl (C=O) groups excluding carboxylic acids is 2. The van der Waals surface area contributed by atoms with Gasteiger partial charge < -0.3 is 10.1 Å². The van der Waals surface area contributed by atoms with Crippen LogP contribution in [0.25, 0.3) is 16.3 Å². The second-order valence-electron chi connectivity index (χ2n) is 5.59. The molecular formula is C19H13F3N2O3S. The number of thiazole rings is 1. The Bertz CT molecular complexity index is 1010. The lowest BCUT2D eigenvalue weighted by atomic mass is 10.2. The lowest BCUT2D eigenvalue weighted by Gasteiger charge is -2.09. The molecule has 0 aliphatic rings. The highest BCUT2D eigenvalue weighted by molar-refractivity contribution is 7.19. The third-order valence-corrected chi connectivity index (χ3v) is 4.49. The van der Waals surface area contributed by atoms with Crippen LogP contribution >= 0.6 is 11.3 Å². The predicted octanol–water partition coefficient (Wildman–Crippen LogP) is 4.51. The fraction of sp³-hybridized carbons (Fsp3) is 0.105. The van der Waals surface area contributed by atoms with Crippen LogP contribution in [0.5, 0.6) is 0 Å². The Labute approximate surface area is 161 Å². The Hall–Kier alpha value is -3.20. The van der Waals surface area contributed by atoms with E-state index in [0.29, 0.717) is 5.01 Å². The molecule has 1 aromatic heterocycles. The number of nitrogens with zero attached hydrogens (tertiary/aromatic N) is 1. The van der Waals surface area contributed by atoms with Crippen molar-refractivity contribution in [2.24, 2.45) is 0 Å². The molecule has 2 aromatic carbocycles. The number of rotatable bonds is 5. The number of para-hydroxylation sites is 1. The minimum absolute atomic E-state index is 0.0408. The number of anilines is 1. The number of aromatic nitrogens is 1. The number of benzene rings is 2. The van der Waals surface area contributed by atoms with Crippen molar-refractivity contribution in [1.82, 2.24) is 4.98 Å².